The van der Waals surface area contributed by atoms with Crippen LogP contribution < -0.4 is 15.4 Å². The fourth-order valence-electron chi connectivity index (χ4n) is 1.28. The molecule has 0 aromatic heterocycles. The molecule has 7 heteroatoms. The SMILES string of the molecule is C=C(Br)CNC(=O)Nc1ccc(OCCOC)c(F)c1. The number of hydrogen-bond donors (Lipinski definition) is 2. The van der Waals surface area contributed by atoms with Crippen molar-refractivity contribution in [1.82, 2.24) is 5.32 Å². The van der Waals surface area contributed by atoms with Gasteiger partial charge in [-0.25, -0.2) is 9.18 Å². The number of nitrogens with one attached hydrogen (secondary N) is 2. The van der Waals surface area contributed by atoms with Gasteiger partial charge in [-0.15, -0.1) is 0 Å². The number of amides is 2. The molecule has 0 aliphatic rings. The topological polar surface area (TPSA) is 59.6 Å². The molecule has 0 unspecified atom stereocenters. The predicted molar refractivity (Wildman–Crippen MR) is 78.9 cm³/mol. The summed E-state index contributed by atoms with van der Waals surface area (Å²) < 4.78 is 24.3. The molecule has 2 amide bonds. The number of hydrogen-bond acceptors (Lipinski definition) is 3. The average Bonchev–Trinajstić information content (AvgIpc) is 2.39. The van der Waals surface area contributed by atoms with Gasteiger partial charge in [-0.3, -0.25) is 0 Å². The quantitative estimate of drug-likeness (QED) is 0.746. The fourth-order valence-corrected chi connectivity index (χ4v) is 1.42. The Morgan fingerprint density at radius 2 is 2.20 bits per heavy atom. The number of carbonyl (C=O) groups excluding carboxylic acids is 1. The van der Waals surface area contributed by atoms with Gasteiger partial charge in [-0.1, -0.05) is 22.5 Å². The smallest absolute Gasteiger partial charge is 0.319 e. The molecule has 0 heterocycles. The van der Waals surface area contributed by atoms with Gasteiger partial charge in [0.05, 0.1) is 13.2 Å². The number of benzene rings is 1. The number of methoxy groups -OCH3 is 1. The third kappa shape index (κ3) is 6.03. The second-order valence-corrected chi connectivity index (χ2v) is 4.93. The van der Waals surface area contributed by atoms with E-state index in [-0.39, 0.29) is 18.9 Å². The van der Waals surface area contributed by atoms with E-state index in [1.54, 1.807) is 6.07 Å². The standard InChI is InChI=1S/C13H16BrFN2O3/c1-9(14)8-16-13(18)17-10-3-4-12(11(15)7-10)20-6-5-19-2/h3-4,7H,1,5-6,8H2,2H3,(H2,16,17,18). The van der Waals surface area contributed by atoms with Crippen molar-refractivity contribution >= 4 is 27.6 Å². The first-order valence-corrected chi connectivity index (χ1v) is 6.61. The first-order chi connectivity index (χ1) is 9.52. The number of rotatable bonds is 7. The van der Waals surface area contributed by atoms with Crippen LogP contribution in [0.1, 0.15) is 0 Å². The van der Waals surface area contributed by atoms with Crippen LogP contribution in [0, 0.1) is 5.82 Å². The Hall–Kier alpha value is -1.60. The Bertz CT molecular complexity index is 483. The lowest BCUT2D eigenvalue weighted by molar-refractivity contribution is 0.144. The molecule has 0 aliphatic heterocycles. The first kappa shape index (κ1) is 16.5. The Morgan fingerprint density at radius 3 is 2.80 bits per heavy atom. The van der Waals surface area contributed by atoms with Crippen LogP contribution in [0.2, 0.25) is 0 Å². The highest BCUT2D eigenvalue weighted by Crippen LogP contribution is 2.21. The van der Waals surface area contributed by atoms with Gasteiger partial charge in [0.2, 0.25) is 0 Å². The Kier molecular flexibility index (Phi) is 7.03. The van der Waals surface area contributed by atoms with E-state index in [4.69, 9.17) is 9.47 Å². The van der Waals surface area contributed by atoms with Crippen molar-refractivity contribution < 1.29 is 18.7 Å². The second-order valence-electron chi connectivity index (χ2n) is 3.81. The molecule has 0 fully saturated rings. The maximum absolute atomic E-state index is 13.7. The highest BCUT2D eigenvalue weighted by molar-refractivity contribution is 9.11. The summed E-state index contributed by atoms with van der Waals surface area (Å²) in [4.78, 5) is 11.5. The van der Waals surface area contributed by atoms with E-state index >= 15 is 0 Å². The van der Waals surface area contributed by atoms with Crippen LogP contribution in [0.3, 0.4) is 0 Å². The molecular weight excluding hydrogens is 331 g/mol. The monoisotopic (exact) mass is 346 g/mol. The summed E-state index contributed by atoms with van der Waals surface area (Å²) in [5.74, 6) is -0.439. The molecule has 0 aliphatic carbocycles. The van der Waals surface area contributed by atoms with Gasteiger partial charge in [0, 0.05) is 23.3 Å². The lowest BCUT2D eigenvalue weighted by atomic mass is 10.3. The number of carbonyl (C=O) groups is 1. The minimum atomic E-state index is -0.552. The number of anilines is 1. The molecule has 0 saturated carbocycles. The molecule has 1 rings (SSSR count). The van der Waals surface area contributed by atoms with Crippen LogP contribution in [-0.2, 0) is 4.74 Å². The normalized spacial score (nSPS) is 9.95. The molecule has 0 spiro atoms. The Morgan fingerprint density at radius 1 is 1.45 bits per heavy atom. The van der Waals surface area contributed by atoms with E-state index in [1.807, 2.05) is 0 Å². The summed E-state index contributed by atoms with van der Waals surface area (Å²) in [5.41, 5.74) is 0.333. The van der Waals surface area contributed by atoms with E-state index in [2.05, 4.69) is 33.1 Å². The maximum Gasteiger partial charge on any atom is 0.319 e. The molecule has 0 atom stereocenters. The van der Waals surface area contributed by atoms with Crippen molar-refractivity contribution in [1.29, 1.82) is 0 Å². The maximum atomic E-state index is 13.7. The fraction of sp³-hybridized carbons (Fsp3) is 0.308. The van der Waals surface area contributed by atoms with E-state index < -0.39 is 11.8 Å². The van der Waals surface area contributed by atoms with Gasteiger partial charge >= 0.3 is 6.03 Å². The van der Waals surface area contributed by atoms with Crippen molar-refractivity contribution in [2.45, 2.75) is 0 Å². The van der Waals surface area contributed by atoms with Crippen molar-refractivity contribution in [3.8, 4) is 5.75 Å². The zero-order valence-electron chi connectivity index (χ0n) is 11.0. The molecule has 1 aromatic carbocycles. The molecule has 1 aromatic rings. The Balaban J connectivity index is 2.54. The third-order valence-electron chi connectivity index (χ3n) is 2.18. The lowest BCUT2D eigenvalue weighted by Gasteiger charge is -2.10. The van der Waals surface area contributed by atoms with Gasteiger partial charge < -0.3 is 20.1 Å². The number of ether oxygens (including phenoxy) is 2. The highest BCUT2D eigenvalue weighted by atomic mass is 79.9. The van der Waals surface area contributed by atoms with Gasteiger partial charge in [0.25, 0.3) is 0 Å². The summed E-state index contributed by atoms with van der Waals surface area (Å²) in [7, 11) is 1.53. The molecule has 0 bridgehead atoms. The molecule has 0 radical (unpaired) electrons. The van der Waals surface area contributed by atoms with Crippen LogP contribution in [0.25, 0.3) is 0 Å². The summed E-state index contributed by atoms with van der Waals surface area (Å²) in [6, 6.07) is 3.74. The van der Waals surface area contributed by atoms with Gasteiger partial charge in [-0.05, 0) is 12.1 Å². The van der Waals surface area contributed by atoms with Crippen LogP contribution in [0.15, 0.2) is 29.3 Å². The van der Waals surface area contributed by atoms with Gasteiger partial charge in [0.15, 0.2) is 11.6 Å². The first-order valence-electron chi connectivity index (χ1n) is 5.82. The lowest BCUT2D eigenvalue weighted by Crippen LogP contribution is -2.29. The van der Waals surface area contributed by atoms with E-state index in [0.29, 0.717) is 16.8 Å². The van der Waals surface area contributed by atoms with Crippen molar-refractivity contribution in [2.24, 2.45) is 0 Å². The van der Waals surface area contributed by atoms with Gasteiger partial charge in [-0.2, -0.15) is 0 Å². The minimum Gasteiger partial charge on any atom is -0.488 e. The summed E-state index contributed by atoms with van der Waals surface area (Å²) in [5, 5.41) is 5.04. The van der Waals surface area contributed by atoms with Crippen molar-refractivity contribution in [3.63, 3.8) is 0 Å². The van der Waals surface area contributed by atoms with Crippen molar-refractivity contribution in [2.75, 3.05) is 32.2 Å². The van der Waals surface area contributed by atoms with E-state index in [0.717, 1.165) is 0 Å². The Labute approximate surface area is 125 Å². The third-order valence-corrected chi connectivity index (χ3v) is 2.46. The van der Waals surface area contributed by atoms with E-state index in [1.165, 1.54) is 19.2 Å². The average molecular weight is 347 g/mol. The molecule has 2 N–H and O–H groups in total. The molecule has 20 heavy (non-hydrogen) atoms. The highest BCUT2D eigenvalue weighted by Gasteiger charge is 2.07. The van der Waals surface area contributed by atoms with Crippen LogP contribution in [-0.4, -0.2) is 32.9 Å². The number of halogens is 2. The van der Waals surface area contributed by atoms with Crippen LogP contribution in [0.4, 0.5) is 14.9 Å². The van der Waals surface area contributed by atoms with E-state index in [9.17, 15) is 9.18 Å². The molecular formula is C13H16BrFN2O3. The second kappa shape index (κ2) is 8.55. The molecule has 110 valence electrons. The molecule has 5 nitrogen and oxygen atoms in total. The van der Waals surface area contributed by atoms with Crippen LogP contribution >= 0.6 is 15.9 Å². The summed E-state index contributed by atoms with van der Waals surface area (Å²) in [6.07, 6.45) is 0. The summed E-state index contributed by atoms with van der Waals surface area (Å²) >= 11 is 3.12. The minimum absolute atomic E-state index is 0.113. The van der Waals surface area contributed by atoms with Crippen molar-refractivity contribution in [3.05, 3.63) is 35.1 Å². The zero-order valence-corrected chi connectivity index (χ0v) is 12.6. The predicted octanol–water partition coefficient (Wildman–Crippen LogP) is 2.88. The zero-order chi connectivity index (χ0) is 15.0. The summed E-state index contributed by atoms with van der Waals surface area (Å²) in [6.45, 7) is 4.50. The van der Waals surface area contributed by atoms with Gasteiger partial charge in [0.1, 0.15) is 6.61 Å². The molecule has 0 saturated heterocycles. The van der Waals surface area contributed by atoms with Crippen LogP contribution in [0.5, 0.6) is 5.75 Å². The largest absolute Gasteiger partial charge is 0.488 e. The number of urea groups is 1.